The van der Waals surface area contributed by atoms with Crippen molar-refractivity contribution < 1.29 is 4.74 Å². The number of piperidine rings is 1. The number of likely N-dealkylation sites (tertiary alicyclic amines) is 1. The molecular weight excluding hydrogens is 416 g/mol. The Morgan fingerprint density at radius 1 is 1.09 bits per heavy atom. The van der Waals surface area contributed by atoms with E-state index in [1.165, 1.54) is 5.69 Å². The van der Waals surface area contributed by atoms with Gasteiger partial charge in [-0.25, -0.2) is 15.0 Å². The van der Waals surface area contributed by atoms with Crippen molar-refractivity contribution >= 4 is 10.9 Å². The van der Waals surface area contributed by atoms with Crippen LogP contribution in [0.15, 0.2) is 18.3 Å². The van der Waals surface area contributed by atoms with E-state index in [9.17, 15) is 0 Å². The Kier molecular flexibility index (Phi) is 5.57. The first-order chi connectivity index (χ1) is 15.9. The number of aromatic amines is 1. The number of aromatic nitrogens is 7. The lowest BCUT2D eigenvalue weighted by Crippen LogP contribution is -2.33. The van der Waals surface area contributed by atoms with Gasteiger partial charge in [0.1, 0.15) is 5.82 Å². The highest BCUT2D eigenvalue weighted by molar-refractivity contribution is 5.80. The molecule has 1 saturated heterocycles. The quantitative estimate of drug-likeness (QED) is 0.501. The van der Waals surface area contributed by atoms with Crippen LogP contribution < -0.4 is 4.74 Å². The molecule has 0 saturated carbocycles. The molecule has 5 rings (SSSR count). The Labute approximate surface area is 193 Å². The maximum Gasteiger partial charge on any atom is 0.213 e. The zero-order valence-corrected chi connectivity index (χ0v) is 19.9. The molecule has 0 aromatic carbocycles. The molecular formula is C24H30N8O. The monoisotopic (exact) mass is 446 g/mol. The topological polar surface area (TPSA) is 97.6 Å². The summed E-state index contributed by atoms with van der Waals surface area (Å²) in [5.74, 6) is 1.91. The highest BCUT2D eigenvalue weighted by Crippen LogP contribution is 2.32. The van der Waals surface area contributed by atoms with Gasteiger partial charge in [0.15, 0.2) is 0 Å². The van der Waals surface area contributed by atoms with Crippen molar-refractivity contribution in [2.75, 3.05) is 20.2 Å². The summed E-state index contributed by atoms with van der Waals surface area (Å²) in [5.41, 5.74) is 7.30. The molecule has 1 fully saturated rings. The summed E-state index contributed by atoms with van der Waals surface area (Å²) in [5, 5.41) is 13.4. The molecule has 9 heteroatoms. The van der Waals surface area contributed by atoms with Gasteiger partial charge in [0.2, 0.25) is 5.88 Å². The fraction of sp³-hybridized carbons (Fsp3) is 0.458. The normalized spacial score (nSPS) is 15.4. The summed E-state index contributed by atoms with van der Waals surface area (Å²) in [4.78, 5) is 16.2. The van der Waals surface area contributed by atoms with Gasteiger partial charge in [-0.3, -0.25) is 14.7 Å². The molecule has 0 aliphatic carbocycles. The summed E-state index contributed by atoms with van der Waals surface area (Å²) in [6.45, 7) is 8.90. The number of nitrogens with one attached hydrogen (secondary N) is 1. The van der Waals surface area contributed by atoms with Gasteiger partial charge in [0.05, 0.1) is 36.8 Å². The number of ether oxygens (including phenoxy) is 1. The van der Waals surface area contributed by atoms with E-state index in [-0.39, 0.29) is 0 Å². The van der Waals surface area contributed by atoms with E-state index < -0.39 is 0 Å². The lowest BCUT2D eigenvalue weighted by atomic mass is 9.93. The van der Waals surface area contributed by atoms with Crippen LogP contribution in [-0.2, 0) is 13.6 Å². The molecule has 0 radical (unpaired) electrons. The molecule has 4 aromatic rings. The van der Waals surface area contributed by atoms with E-state index in [1.807, 2.05) is 31.6 Å². The zero-order chi connectivity index (χ0) is 23.1. The number of H-pyrrole nitrogens is 1. The number of hydrogen-bond donors (Lipinski definition) is 1. The Bertz CT molecular complexity index is 1300. The third kappa shape index (κ3) is 4.08. The van der Waals surface area contributed by atoms with E-state index >= 15 is 0 Å². The van der Waals surface area contributed by atoms with E-state index in [2.05, 4.69) is 38.2 Å². The molecule has 4 aromatic heterocycles. The molecule has 5 heterocycles. The first-order valence-electron chi connectivity index (χ1n) is 11.4. The Morgan fingerprint density at radius 2 is 1.88 bits per heavy atom. The molecule has 0 amide bonds. The van der Waals surface area contributed by atoms with Crippen LogP contribution in [0.5, 0.6) is 5.88 Å². The number of rotatable bonds is 5. The molecule has 1 aliphatic heterocycles. The predicted molar refractivity (Wildman–Crippen MR) is 126 cm³/mol. The SMILES string of the molecule is COc1cc2c(C)nc(CN3CCC(c4cc(-c5c(C)nn(C)c5C)n[nH]4)CC3)nc2cn1. The largest absolute Gasteiger partial charge is 0.481 e. The van der Waals surface area contributed by atoms with E-state index in [0.29, 0.717) is 11.8 Å². The first kappa shape index (κ1) is 21.5. The molecule has 1 aliphatic rings. The van der Waals surface area contributed by atoms with E-state index in [0.717, 1.165) is 77.5 Å². The van der Waals surface area contributed by atoms with Crippen molar-refractivity contribution in [2.24, 2.45) is 7.05 Å². The summed E-state index contributed by atoms with van der Waals surface area (Å²) in [7, 11) is 3.59. The van der Waals surface area contributed by atoms with Crippen LogP contribution in [0.4, 0.5) is 0 Å². The molecule has 9 nitrogen and oxygen atoms in total. The van der Waals surface area contributed by atoms with Crippen LogP contribution in [0.2, 0.25) is 0 Å². The molecule has 172 valence electrons. The smallest absolute Gasteiger partial charge is 0.213 e. The Hall–Kier alpha value is -3.33. The minimum atomic E-state index is 0.482. The number of pyridine rings is 1. The third-order valence-corrected chi connectivity index (χ3v) is 6.76. The molecule has 0 spiro atoms. The average molecular weight is 447 g/mol. The number of methoxy groups -OCH3 is 1. The second-order valence-corrected chi connectivity index (χ2v) is 8.90. The fourth-order valence-electron chi connectivity index (χ4n) is 4.83. The van der Waals surface area contributed by atoms with Gasteiger partial charge in [-0.15, -0.1) is 0 Å². The van der Waals surface area contributed by atoms with Gasteiger partial charge < -0.3 is 4.74 Å². The summed E-state index contributed by atoms with van der Waals surface area (Å²) in [6.07, 6.45) is 3.93. The molecule has 0 atom stereocenters. The maximum atomic E-state index is 5.23. The number of nitrogens with zero attached hydrogens (tertiary/aromatic N) is 7. The minimum Gasteiger partial charge on any atom is -0.481 e. The van der Waals surface area contributed by atoms with Gasteiger partial charge in [-0.05, 0) is 52.8 Å². The lowest BCUT2D eigenvalue weighted by Gasteiger charge is -2.30. The van der Waals surface area contributed by atoms with Crippen LogP contribution in [0, 0.1) is 20.8 Å². The summed E-state index contributed by atoms with van der Waals surface area (Å²) < 4.78 is 7.15. The van der Waals surface area contributed by atoms with Crippen LogP contribution >= 0.6 is 0 Å². The number of hydrogen-bond acceptors (Lipinski definition) is 7. The third-order valence-electron chi connectivity index (χ3n) is 6.76. The molecule has 0 bridgehead atoms. The van der Waals surface area contributed by atoms with Crippen molar-refractivity contribution in [3.8, 4) is 17.1 Å². The maximum absolute atomic E-state index is 5.23. The second kappa shape index (κ2) is 8.55. The van der Waals surface area contributed by atoms with Gasteiger partial charge in [-0.1, -0.05) is 0 Å². The number of fused-ring (bicyclic) bond motifs is 1. The molecule has 0 unspecified atom stereocenters. The number of aryl methyl sites for hydroxylation is 3. The van der Waals surface area contributed by atoms with Crippen molar-refractivity contribution in [1.82, 2.24) is 39.8 Å². The van der Waals surface area contributed by atoms with Gasteiger partial charge in [0.25, 0.3) is 0 Å². The standard InChI is InChI=1S/C24H30N8O/c1-14-18-10-23(33-5)25-12-21(18)27-22(26-14)13-32-8-6-17(7-9-32)19-11-20(29-28-19)24-15(2)30-31(4)16(24)3/h10-12,17H,6-9,13H2,1-5H3,(H,28,29). The predicted octanol–water partition coefficient (Wildman–Crippen LogP) is 3.46. The molecule has 33 heavy (non-hydrogen) atoms. The van der Waals surface area contributed by atoms with E-state index in [4.69, 9.17) is 14.7 Å². The lowest BCUT2D eigenvalue weighted by molar-refractivity contribution is 0.199. The van der Waals surface area contributed by atoms with Gasteiger partial charge in [-0.2, -0.15) is 10.2 Å². The Balaban J connectivity index is 1.25. The summed E-state index contributed by atoms with van der Waals surface area (Å²) in [6, 6.07) is 4.10. The highest BCUT2D eigenvalue weighted by atomic mass is 16.5. The van der Waals surface area contributed by atoms with Crippen molar-refractivity contribution in [2.45, 2.75) is 46.1 Å². The van der Waals surface area contributed by atoms with Crippen LogP contribution in [-0.4, -0.2) is 60.0 Å². The highest BCUT2D eigenvalue weighted by Gasteiger charge is 2.24. The minimum absolute atomic E-state index is 0.482. The van der Waals surface area contributed by atoms with Gasteiger partial charge in [0, 0.05) is 47.1 Å². The Morgan fingerprint density at radius 3 is 2.58 bits per heavy atom. The van der Waals surface area contributed by atoms with E-state index in [1.54, 1.807) is 13.3 Å². The van der Waals surface area contributed by atoms with Crippen molar-refractivity contribution in [3.63, 3.8) is 0 Å². The van der Waals surface area contributed by atoms with Crippen LogP contribution in [0.3, 0.4) is 0 Å². The van der Waals surface area contributed by atoms with Crippen LogP contribution in [0.1, 0.15) is 47.4 Å². The fourth-order valence-corrected chi connectivity index (χ4v) is 4.83. The molecule has 1 N–H and O–H groups in total. The van der Waals surface area contributed by atoms with Crippen molar-refractivity contribution in [1.29, 1.82) is 0 Å². The van der Waals surface area contributed by atoms with Gasteiger partial charge >= 0.3 is 0 Å². The van der Waals surface area contributed by atoms with Crippen LogP contribution in [0.25, 0.3) is 22.2 Å². The first-order valence-corrected chi connectivity index (χ1v) is 11.4. The van der Waals surface area contributed by atoms with Crippen molar-refractivity contribution in [3.05, 3.63) is 46.9 Å². The summed E-state index contributed by atoms with van der Waals surface area (Å²) >= 11 is 0. The second-order valence-electron chi connectivity index (χ2n) is 8.90. The zero-order valence-electron chi connectivity index (χ0n) is 19.9. The average Bonchev–Trinajstić information content (AvgIpc) is 3.38.